The Morgan fingerprint density at radius 3 is 2.05 bits per heavy atom. The van der Waals surface area contributed by atoms with Crippen LogP contribution < -0.4 is 0 Å². The molecule has 0 saturated heterocycles. The third-order valence-corrected chi connectivity index (χ3v) is 3.98. The van der Waals surface area contributed by atoms with Gasteiger partial charge in [0.15, 0.2) is 5.54 Å². The van der Waals surface area contributed by atoms with Gasteiger partial charge in [0.25, 0.3) is 5.91 Å². The largest absolute Gasteiger partial charge is 0.294 e. The van der Waals surface area contributed by atoms with Crippen molar-refractivity contribution >= 4 is 18.1 Å². The lowest BCUT2D eigenvalue weighted by Gasteiger charge is -2.36. The number of hydrogen-bond acceptors (Lipinski definition) is 3. The zero-order valence-corrected chi connectivity index (χ0v) is 11.8. The Kier molecular flexibility index (Phi) is 2.76. The minimum absolute atomic E-state index is 0.219. The van der Waals surface area contributed by atoms with Crippen molar-refractivity contribution in [1.29, 1.82) is 0 Å². The van der Waals surface area contributed by atoms with Crippen molar-refractivity contribution in [1.82, 2.24) is 4.90 Å². The Morgan fingerprint density at radius 2 is 1.45 bits per heavy atom. The minimum atomic E-state index is -0.980. The summed E-state index contributed by atoms with van der Waals surface area (Å²) in [7, 11) is 0. The van der Waals surface area contributed by atoms with Gasteiger partial charge in [0.05, 0.1) is 0 Å². The predicted molar refractivity (Wildman–Crippen MR) is 85.6 cm³/mol. The fourth-order valence-corrected chi connectivity index (χ4v) is 3.03. The van der Waals surface area contributed by atoms with Gasteiger partial charge in [0.1, 0.15) is 0 Å². The Morgan fingerprint density at radius 1 is 0.864 bits per heavy atom. The molecule has 4 nitrogen and oxygen atoms in total. The number of hydrogen-bond donors (Lipinski definition) is 0. The van der Waals surface area contributed by atoms with Crippen LogP contribution in [-0.4, -0.2) is 23.0 Å². The summed E-state index contributed by atoms with van der Waals surface area (Å²) < 4.78 is 0. The molecule has 2 aliphatic heterocycles. The number of allylic oxidation sites excluding steroid dienone is 1. The molecule has 0 N–H and O–H groups in total. The van der Waals surface area contributed by atoms with E-state index in [0.29, 0.717) is 5.96 Å². The van der Waals surface area contributed by atoms with Crippen molar-refractivity contribution in [2.75, 3.05) is 0 Å². The van der Waals surface area contributed by atoms with E-state index in [4.69, 9.17) is 0 Å². The van der Waals surface area contributed by atoms with E-state index in [2.05, 4.69) is 9.98 Å². The first kappa shape index (κ1) is 12.7. The second kappa shape index (κ2) is 4.77. The molecule has 0 spiro atoms. The lowest BCUT2D eigenvalue weighted by Crippen LogP contribution is -2.47. The predicted octanol–water partition coefficient (Wildman–Crippen LogP) is 2.73. The number of fused-ring (bicyclic) bond motifs is 1. The Bertz CT molecular complexity index is 767. The molecule has 0 radical (unpaired) electrons. The molecule has 1 amide bonds. The zero-order chi connectivity index (χ0) is 15.0. The van der Waals surface area contributed by atoms with Crippen molar-refractivity contribution in [3.05, 3.63) is 84.1 Å². The first-order chi connectivity index (χ1) is 10.8. The van der Waals surface area contributed by atoms with Crippen LogP contribution in [0.4, 0.5) is 0 Å². The van der Waals surface area contributed by atoms with Gasteiger partial charge in [-0.2, -0.15) is 4.99 Å². The minimum Gasteiger partial charge on any atom is -0.294 e. The van der Waals surface area contributed by atoms with E-state index in [9.17, 15) is 4.79 Å². The van der Waals surface area contributed by atoms with Crippen LogP contribution in [0.15, 0.2) is 82.9 Å². The molecule has 0 atom stereocenters. The highest BCUT2D eigenvalue weighted by Crippen LogP contribution is 2.42. The van der Waals surface area contributed by atoms with E-state index >= 15 is 0 Å². The number of carbonyl (C=O) groups is 1. The highest BCUT2D eigenvalue weighted by Gasteiger charge is 2.52. The van der Waals surface area contributed by atoms with E-state index in [1.54, 1.807) is 6.21 Å². The van der Waals surface area contributed by atoms with Gasteiger partial charge in [-0.3, -0.25) is 9.69 Å². The van der Waals surface area contributed by atoms with E-state index in [-0.39, 0.29) is 5.91 Å². The van der Waals surface area contributed by atoms with Crippen LogP contribution in [0.2, 0.25) is 0 Å². The van der Waals surface area contributed by atoms with Crippen LogP contribution in [0.1, 0.15) is 11.1 Å². The summed E-state index contributed by atoms with van der Waals surface area (Å²) in [6.45, 7) is 0. The smallest absolute Gasteiger partial charge is 0.284 e. The third kappa shape index (κ3) is 1.61. The van der Waals surface area contributed by atoms with Gasteiger partial charge in [-0.25, -0.2) is 4.99 Å². The van der Waals surface area contributed by atoms with E-state index < -0.39 is 5.54 Å². The molecule has 0 aromatic heterocycles. The topological polar surface area (TPSA) is 45.0 Å². The van der Waals surface area contributed by atoms with Gasteiger partial charge in [-0.05, 0) is 17.2 Å². The molecule has 0 aliphatic carbocycles. The van der Waals surface area contributed by atoms with Crippen LogP contribution in [0.5, 0.6) is 0 Å². The fraction of sp³-hybridized carbons (Fsp3) is 0.0556. The number of carbonyl (C=O) groups excluding carboxylic acids is 1. The molecule has 106 valence electrons. The maximum Gasteiger partial charge on any atom is 0.284 e. The van der Waals surface area contributed by atoms with Crippen LogP contribution >= 0.6 is 0 Å². The van der Waals surface area contributed by atoms with Crippen molar-refractivity contribution < 1.29 is 4.79 Å². The lowest BCUT2D eigenvalue weighted by atomic mass is 9.81. The Hall–Kier alpha value is -3.01. The molecule has 0 fully saturated rings. The van der Waals surface area contributed by atoms with E-state index in [1.807, 2.05) is 77.8 Å². The first-order valence-electron chi connectivity index (χ1n) is 7.08. The molecule has 2 heterocycles. The molecule has 22 heavy (non-hydrogen) atoms. The zero-order valence-electron chi connectivity index (χ0n) is 11.8. The Balaban J connectivity index is 2.01. The molecule has 0 saturated carbocycles. The van der Waals surface area contributed by atoms with Gasteiger partial charge >= 0.3 is 0 Å². The highest BCUT2D eigenvalue weighted by atomic mass is 16.2. The summed E-state index contributed by atoms with van der Waals surface area (Å²) in [6, 6.07) is 19.4. The number of guanidine groups is 1. The summed E-state index contributed by atoms with van der Waals surface area (Å²) >= 11 is 0. The quantitative estimate of drug-likeness (QED) is 0.852. The van der Waals surface area contributed by atoms with E-state index in [0.717, 1.165) is 11.1 Å². The Labute approximate surface area is 128 Å². The van der Waals surface area contributed by atoms with Gasteiger partial charge in [0, 0.05) is 12.4 Å². The van der Waals surface area contributed by atoms with Crippen molar-refractivity contribution in [2.24, 2.45) is 9.98 Å². The standard InChI is InChI=1S/C18H13N3O/c22-16-18(14-8-3-1-4-9-14,15-10-5-2-6-11-15)21-13-7-12-19-17(21)20-16/h1-13H. The van der Waals surface area contributed by atoms with Gasteiger partial charge in [0.2, 0.25) is 5.96 Å². The summed E-state index contributed by atoms with van der Waals surface area (Å²) in [5.74, 6) is 0.212. The summed E-state index contributed by atoms with van der Waals surface area (Å²) in [5, 5.41) is 0. The second-order valence-electron chi connectivity index (χ2n) is 5.15. The van der Waals surface area contributed by atoms with Crippen LogP contribution in [0, 0.1) is 0 Å². The van der Waals surface area contributed by atoms with Gasteiger partial charge in [-0.15, -0.1) is 0 Å². The normalized spacial score (nSPS) is 18.3. The number of aliphatic imine (C=N–C) groups is 2. The van der Waals surface area contributed by atoms with Crippen LogP contribution in [-0.2, 0) is 10.3 Å². The lowest BCUT2D eigenvalue weighted by molar-refractivity contribution is -0.123. The van der Waals surface area contributed by atoms with Crippen molar-refractivity contribution in [3.8, 4) is 0 Å². The number of rotatable bonds is 2. The van der Waals surface area contributed by atoms with Gasteiger partial charge in [-0.1, -0.05) is 60.7 Å². The molecule has 4 heteroatoms. The summed E-state index contributed by atoms with van der Waals surface area (Å²) in [4.78, 5) is 23.2. The highest BCUT2D eigenvalue weighted by molar-refractivity contribution is 6.11. The average Bonchev–Trinajstić information content (AvgIpc) is 2.89. The maximum atomic E-state index is 12.9. The molecule has 4 rings (SSSR count). The molecule has 2 aromatic carbocycles. The summed E-state index contributed by atoms with van der Waals surface area (Å²) in [5.41, 5.74) is 0.782. The average molecular weight is 287 g/mol. The van der Waals surface area contributed by atoms with Crippen molar-refractivity contribution in [3.63, 3.8) is 0 Å². The second-order valence-corrected chi connectivity index (χ2v) is 5.15. The van der Waals surface area contributed by atoms with Crippen LogP contribution in [0.3, 0.4) is 0 Å². The van der Waals surface area contributed by atoms with Gasteiger partial charge < -0.3 is 0 Å². The number of nitrogens with zero attached hydrogens (tertiary/aromatic N) is 3. The number of amides is 1. The first-order valence-corrected chi connectivity index (χ1v) is 7.08. The van der Waals surface area contributed by atoms with Crippen molar-refractivity contribution in [2.45, 2.75) is 5.54 Å². The number of benzene rings is 2. The monoisotopic (exact) mass is 287 g/mol. The molecular formula is C18H13N3O. The molecule has 0 bridgehead atoms. The molecule has 0 unspecified atom stereocenters. The SMILES string of the molecule is O=C1N=C2N=CC=CN2C1(c1ccccc1)c1ccccc1. The molecular weight excluding hydrogens is 274 g/mol. The summed E-state index contributed by atoms with van der Waals surface area (Å²) in [6.07, 6.45) is 5.32. The fourth-order valence-electron chi connectivity index (χ4n) is 3.03. The molecule has 2 aromatic rings. The van der Waals surface area contributed by atoms with E-state index in [1.165, 1.54) is 0 Å². The maximum absolute atomic E-state index is 12.9. The molecule has 2 aliphatic rings. The van der Waals surface area contributed by atoms with Crippen LogP contribution in [0.25, 0.3) is 0 Å². The third-order valence-electron chi connectivity index (χ3n) is 3.98.